The molecule has 2 unspecified atom stereocenters. The van der Waals surface area contributed by atoms with Crippen LogP contribution in [0.25, 0.3) is 16.3 Å². The van der Waals surface area contributed by atoms with E-state index in [2.05, 4.69) is 68.5 Å². The van der Waals surface area contributed by atoms with Gasteiger partial charge in [-0.05, 0) is 16.7 Å². The molecule has 2 aliphatic carbocycles. The molecule has 1 saturated carbocycles. The van der Waals surface area contributed by atoms with E-state index in [1.807, 2.05) is 0 Å². The highest BCUT2D eigenvalue weighted by Gasteiger charge is 2.27. The van der Waals surface area contributed by atoms with Crippen LogP contribution in [0.3, 0.4) is 0 Å². The third-order valence-electron chi connectivity index (χ3n) is 5.39. The molecule has 2 aromatic rings. The average Bonchev–Trinajstić information content (AvgIpc) is 2.96. The number of fused-ring (bicyclic) bond motifs is 2. The first-order valence-corrected chi connectivity index (χ1v) is 8.50. The van der Waals surface area contributed by atoms with Crippen LogP contribution in [0, 0.1) is 17.8 Å². The van der Waals surface area contributed by atoms with Gasteiger partial charge in [0, 0.05) is 0 Å². The Morgan fingerprint density at radius 1 is 1.05 bits per heavy atom. The third kappa shape index (κ3) is 2.18. The molecule has 0 heteroatoms. The minimum atomic E-state index is 0.638. The quantitative estimate of drug-likeness (QED) is 0.577. The van der Waals surface area contributed by atoms with Crippen molar-refractivity contribution in [3.63, 3.8) is 0 Å². The Bertz CT molecular complexity index is 757. The molecular weight excluding hydrogens is 264 g/mol. The Balaban J connectivity index is 1.84. The summed E-state index contributed by atoms with van der Waals surface area (Å²) in [4.78, 5) is 0. The van der Waals surface area contributed by atoms with E-state index in [0.717, 1.165) is 5.92 Å². The Labute approximate surface area is 133 Å². The van der Waals surface area contributed by atoms with Crippen LogP contribution in [0.4, 0.5) is 0 Å². The fraction of sp³-hybridized carbons (Fsp3) is 0.318. The number of hydrogen-bond donors (Lipinski definition) is 0. The normalized spacial score (nSPS) is 24.2. The van der Waals surface area contributed by atoms with E-state index in [4.69, 9.17) is 0 Å². The number of benzene rings is 2. The van der Waals surface area contributed by atoms with Crippen molar-refractivity contribution in [2.24, 2.45) is 11.8 Å². The molecule has 0 aromatic heterocycles. The molecule has 0 bridgehead atoms. The molecule has 112 valence electrons. The summed E-state index contributed by atoms with van der Waals surface area (Å²) in [5, 5.41) is 2.74. The highest BCUT2D eigenvalue weighted by atomic mass is 14.4. The van der Waals surface area contributed by atoms with Crippen molar-refractivity contribution in [3.8, 4) is 0 Å². The lowest BCUT2D eigenvalue weighted by atomic mass is 9.80. The molecule has 0 nitrogen and oxygen atoms in total. The van der Waals surface area contributed by atoms with Crippen LogP contribution >= 0.6 is 0 Å². The zero-order chi connectivity index (χ0) is 15.1. The minimum Gasteiger partial charge on any atom is -0.170 e. The molecule has 0 saturated heterocycles. The first-order valence-electron chi connectivity index (χ1n) is 8.50. The molecule has 0 N–H and O–H groups in total. The maximum Gasteiger partial charge on any atom is -0.0189 e. The molecule has 22 heavy (non-hydrogen) atoms. The molecule has 0 spiro atoms. The molecule has 4 rings (SSSR count). The summed E-state index contributed by atoms with van der Waals surface area (Å²) in [5.41, 5.74) is 4.64. The van der Waals surface area contributed by atoms with Gasteiger partial charge < -0.3 is 0 Å². The maximum absolute atomic E-state index is 2.44. The summed E-state index contributed by atoms with van der Waals surface area (Å²) in [6, 6.07) is 15.5. The van der Waals surface area contributed by atoms with Gasteiger partial charge in [-0.15, -0.1) is 5.57 Å². The fourth-order valence-electron chi connectivity index (χ4n) is 4.26. The van der Waals surface area contributed by atoms with E-state index < -0.39 is 0 Å². The van der Waals surface area contributed by atoms with E-state index in [1.54, 1.807) is 11.1 Å². The molecule has 0 amide bonds. The molecule has 0 radical (unpaired) electrons. The van der Waals surface area contributed by atoms with Gasteiger partial charge in [0.1, 0.15) is 0 Å². The Hall–Kier alpha value is -1.95. The summed E-state index contributed by atoms with van der Waals surface area (Å²) in [6.07, 6.45) is 8.78. The van der Waals surface area contributed by atoms with Gasteiger partial charge in [-0.1, -0.05) is 87.1 Å². The van der Waals surface area contributed by atoms with Crippen molar-refractivity contribution in [2.75, 3.05) is 0 Å². The van der Waals surface area contributed by atoms with E-state index in [1.165, 1.54) is 41.5 Å². The Morgan fingerprint density at radius 3 is 2.73 bits per heavy atom. The van der Waals surface area contributed by atoms with Crippen LogP contribution in [0.15, 0.2) is 60.2 Å². The monoisotopic (exact) mass is 287 g/mol. The van der Waals surface area contributed by atoms with Crippen LogP contribution in [0.1, 0.15) is 38.7 Å². The van der Waals surface area contributed by atoms with Crippen molar-refractivity contribution in [1.82, 2.24) is 0 Å². The van der Waals surface area contributed by atoms with Crippen molar-refractivity contribution in [2.45, 2.75) is 33.1 Å². The lowest BCUT2D eigenvalue weighted by Gasteiger charge is -2.33. The van der Waals surface area contributed by atoms with Crippen LogP contribution in [-0.2, 0) is 0 Å². The molecule has 2 aromatic carbocycles. The highest BCUT2D eigenvalue weighted by Crippen LogP contribution is 2.49. The topological polar surface area (TPSA) is 0 Å². The van der Waals surface area contributed by atoms with Gasteiger partial charge in [-0.25, -0.2) is 0 Å². The van der Waals surface area contributed by atoms with Crippen molar-refractivity contribution in [1.29, 1.82) is 0 Å². The lowest BCUT2D eigenvalue weighted by molar-refractivity contribution is 0.519. The highest BCUT2D eigenvalue weighted by molar-refractivity contribution is 5.95. The largest absolute Gasteiger partial charge is 0.170 e. The molecule has 0 heterocycles. The smallest absolute Gasteiger partial charge is 0.0189 e. The molecule has 1 fully saturated rings. The van der Waals surface area contributed by atoms with E-state index in [-0.39, 0.29) is 0 Å². The second-order valence-corrected chi connectivity index (χ2v) is 6.86. The molecule has 2 aliphatic rings. The summed E-state index contributed by atoms with van der Waals surface area (Å²) < 4.78 is 0. The van der Waals surface area contributed by atoms with Gasteiger partial charge >= 0.3 is 0 Å². The van der Waals surface area contributed by atoms with Gasteiger partial charge in [0.15, 0.2) is 0 Å². The molecule has 2 atom stereocenters. The Kier molecular flexibility index (Phi) is 3.33. The number of hydrogen-bond acceptors (Lipinski definition) is 0. The third-order valence-corrected chi connectivity index (χ3v) is 5.39. The predicted molar refractivity (Wildman–Crippen MR) is 95.4 cm³/mol. The summed E-state index contributed by atoms with van der Waals surface area (Å²) in [5.74, 6) is 2.91. The van der Waals surface area contributed by atoms with Crippen molar-refractivity contribution >= 4 is 16.3 Å². The zero-order valence-electron chi connectivity index (χ0n) is 13.5. The van der Waals surface area contributed by atoms with Crippen LogP contribution < -0.4 is 0 Å². The van der Waals surface area contributed by atoms with Crippen LogP contribution in [0.2, 0.25) is 0 Å². The van der Waals surface area contributed by atoms with Gasteiger partial charge in [0.25, 0.3) is 0 Å². The van der Waals surface area contributed by atoms with Crippen LogP contribution in [-0.4, -0.2) is 0 Å². The summed E-state index contributed by atoms with van der Waals surface area (Å²) in [7, 11) is 0. The minimum absolute atomic E-state index is 0.638. The van der Waals surface area contributed by atoms with Gasteiger partial charge in [0.2, 0.25) is 0 Å². The first-order chi connectivity index (χ1) is 10.8. The molecular formula is C22H23-. The van der Waals surface area contributed by atoms with Crippen LogP contribution in [0.5, 0.6) is 0 Å². The fourth-order valence-corrected chi connectivity index (χ4v) is 4.26. The standard InChI is InChI=1S/C22H23/c1-3-16-13-18-11-15(2)12-22(21(18)14-16)20-10-6-8-17-7-4-5-9-19(17)20/h4-12,16,21H,3,13-14H2,1-2H3/q-1. The zero-order valence-corrected chi connectivity index (χ0v) is 13.5. The van der Waals surface area contributed by atoms with Gasteiger partial charge in [0.05, 0.1) is 0 Å². The number of allylic oxidation sites excluding steroid dienone is 4. The van der Waals surface area contributed by atoms with Gasteiger partial charge in [-0.3, -0.25) is 0 Å². The van der Waals surface area contributed by atoms with Gasteiger partial charge in [-0.2, -0.15) is 23.6 Å². The van der Waals surface area contributed by atoms with E-state index in [0.29, 0.717) is 5.92 Å². The summed E-state index contributed by atoms with van der Waals surface area (Å²) in [6.45, 7) is 4.58. The second-order valence-electron chi connectivity index (χ2n) is 6.86. The van der Waals surface area contributed by atoms with E-state index >= 15 is 0 Å². The molecule has 0 aliphatic heterocycles. The Morgan fingerprint density at radius 2 is 1.86 bits per heavy atom. The average molecular weight is 287 g/mol. The maximum atomic E-state index is 2.44. The van der Waals surface area contributed by atoms with Crippen molar-refractivity contribution in [3.05, 3.63) is 71.7 Å². The van der Waals surface area contributed by atoms with E-state index in [9.17, 15) is 0 Å². The predicted octanol–water partition coefficient (Wildman–Crippen LogP) is 6.19. The first kappa shape index (κ1) is 13.7. The summed E-state index contributed by atoms with van der Waals surface area (Å²) >= 11 is 0. The number of rotatable bonds is 2. The SMILES string of the molecule is CCC1CC2=C[C-](C)C=C(c3cccc4ccccc34)C2C1. The van der Waals surface area contributed by atoms with Crippen molar-refractivity contribution < 1.29 is 0 Å². The second kappa shape index (κ2) is 5.35. The lowest BCUT2D eigenvalue weighted by Crippen LogP contribution is -2.08.